The van der Waals surface area contributed by atoms with Gasteiger partial charge in [-0.1, -0.05) is 0 Å². The van der Waals surface area contributed by atoms with E-state index in [1.165, 1.54) is 6.42 Å². The van der Waals surface area contributed by atoms with Crippen LogP contribution in [0, 0.1) is 0 Å². The highest BCUT2D eigenvalue weighted by atomic mass is 16.2. The molecule has 1 rings (SSSR count). The van der Waals surface area contributed by atoms with E-state index in [4.69, 9.17) is 5.73 Å². The number of hydrogen-bond acceptors (Lipinski definition) is 2. The zero-order valence-electron chi connectivity index (χ0n) is 10.6. The molecule has 2 amide bonds. The van der Waals surface area contributed by atoms with Crippen LogP contribution in [0.4, 0.5) is 4.79 Å². The molecule has 1 atom stereocenters. The molecule has 94 valence electrons. The lowest BCUT2D eigenvalue weighted by atomic mass is 10.00. The molecule has 4 nitrogen and oxygen atoms in total. The second-order valence-corrected chi connectivity index (χ2v) is 4.38. The van der Waals surface area contributed by atoms with Crippen LogP contribution < -0.4 is 5.73 Å². The van der Waals surface area contributed by atoms with Crippen LogP contribution in [-0.4, -0.2) is 48.1 Å². The molecule has 1 saturated heterocycles. The van der Waals surface area contributed by atoms with Crippen LogP contribution in [0.5, 0.6) is 0 Å². The van der Waals surface area contributed by atoms with Gasteiger partial charge >= 0.3 is 6.03 Å². The van der Waals surface area contributed by atoms with Crippen molar-refractivity contribution in [2.45, 2.75) is 45.6 Å². The van der Waals surface area contributed by atoms with E-state index in [1.807, 2.05) is 23.6 Å². The molecule has 0 bridgehead atoms. The molecular formula is C12H25N3O. The lowest BCUT2D eigenvalue weighted by molar-refractivity contribution is 0.116. The lowest BCUT2D eigenvalue weighted by Gasteiger charge is -2.38. The number of nitrogens with zero attached hydrogens (tertiary/aromatic N) is 2. The summed E-state index contributed by atoms with van der Waals surface area (Å²) in [6.07, 6.45) is 4.41. The van der Waals surface area contributed by atoms with Gasteiger partial charge in [-0.05, 0) is 46.1 Å². The van der Waals surface area contributed by atoms with Gasteiger partial charge in [-0.25, -0.2) is 4.79 Å². The summed E-state index contributed by atoms with van der Waals surface area (Å²) >= 11 is 0. The zero-order chi connectivity index (χ0) is 12.0. The molecule has 1 aliphatic rings. The normalized spacial score (nSPS) is 20.9. The summed E-state index contributed by atoms with van der Waals surface area (Å²) in [5.74, 6) is 0. The van der Waals surface area contributed by atoms with Gasteiger partial charge in [-0.15, -0.1) is 0 Å². The minimum Gasteiger partial charge on any atom is -0.330 e. The van der Waals surface area contributed by atoms with Gasteiger partial charge in [0.1, 0.15) is 0 Å². The first-order valence-electron chi connectivity index (χ1n) is 6.50. The van der Waals surface area contributed by atoms with Gasteiger partial charge in [-0.3, -0.25) is 0 Å². The number of carbonyl (C=O) groups excluding carboxylic acids is 1. The molecule has 1 fully saturated rings. The molecule has 1 heterocycles. The second kappa shape index (κ2) is 6.74. The summed E-state index contributed by atoms with van der Waals surface area (Å²) in [4.78, 5) is 16.2. The van der Waals surface area contributed by atoms with Gasteiger partial charge < -0.3 is 15.5 Å². The van der Waals surface area contributed by atoms with Crippen molar-refractivity contribution in [1.82, 2.24) is 9.80 Å². The fraction of sp³-hybridized carbons (Fsp3) is 0.917. The van der Waals surface area contributed by atoms with E-state index in [1.54, 1.807) is 0 Å². The highest BCUT2D eigenvalue weighted by Crippen LogP contribution is 2.20. The average Bonchev–Trinajstić information content (AvgIpc) is 2.31. The van der Waals surface area contributed by atoms with Gasteiger partial charge in [0.2, 0.25) is 0 Å². The topological polar surface area (TPSA) is 49.6 Å². The third-order valence-corrected chi connectivity index (χ3v) is 3.41. The van der Waals surface area contributed by atoms with Crippen molar-refractivity contribution in [1.29, 1.82) is 0 Å². The second-order valence-electron chi connectivity index (χ2n) is 4.38. The molecule has 2 N–H and O–H groups in total. The third-order valence-electron chi connectivity index (χ3n) is 3.41. The molecule has 4 heteroatoms. The van der Waals surface area contributed by atoms with Crippen molar-refractivity contribution in [2.24, 2.45) is 5.73 Å². The van der Waals surface area contributed by atoms with Gasteiger partial charge in [-0.2, -0.15) is 0 Å². The molecule has 1 unspecified atom stereocenters. The van der Waals surface area contributed by atoms with E-state index in [0.717, 1.165) is 38.9 Å². The summed E-state index contributed by atoms with van der Waals surface area (Å²) in [6, 6.07) is 0.565. The first-order chi connectivity index (χ1) is 7.74. The Bertz CT molecular complexity index is 214. The van der Waals surface area contributed by atoms with E-state index < -0.39 is 0 Å². The fourth-order valence-electron chi connectivity index (χ4n) is 2.42. The van der Waals surface area contributed by atoms with E-state index in [9.17, 15) is 4.79 Å². The Labute approximate surface area is 98.8 Å². The third kappa shape index (κ3) is 3.11. The number of amides is 2. The van der Waals surface area contributed by atoms with Gasteiger partial charge in [0.15, 0.2) is 0 Å². The molecule has 0 spiro atoms. The largest absolute Gasteiger partial charge is 0.330 e. The first kappa shape index (κ1) is 13.3. The smallest absolute Gasteiger partial charge is 0.320 e. The van der Waals surface area contributed by atoms with Crippen molar-refractivity contribution in [3.63, 3.8) is 0 Å². The predicted octanol–water partition coefficient (Wildman–Crippen LogP) is 1.65. The molecule has 0 aromatic carbocycles. The number of urea groups is 1. The van der Waals surface area contributed by atoms with Gasteiger partial charge in [0.05, 0.1) is 0 Å². The van der Waals surface area contributed by atoms with E-state index in [2.05, 4.69) is 0 Å². The number of carbonyl (C=O) groups is 1. The molecule has 1 aliphatic heterocycles. The van der Waals surface area contributed by atoms with Crippen molar-refractivity contribution < 1.29 is 4.79 Å². The molecule has 0 aromatic heterocycles. The summed E-state index contributed by atoms with van der Waals surface area (Å²) in [6.45, 7) is 7.22. The summed E-state index contributed by atoms with van der Waals surface area (Å²) < 4.78 is 0. The molecule has 0 aliphatic carbocycles. The van der Waals surface area contributed by atoms with Crippen LogP contribution in [-0.2, 0) is 0 Å². The van der Waals surface area contributed by atoms with E-state index in [0.29, 0.717) is 12.6 Å². The van der Waals surface area contributed by atoms with E-state index in [-0.39, 0.29) is 6.03 Å². The number of hydrogen-bond donors (Lipinski definition) is 1. The monoisotopic (exact) mass is 227 g/mol. The Morgan fingerprint density at radius 3 is 2.62 bits per heavy atom. The standard InChI is InChI=1S/C12H25N3O/c1-3-14(4-2)12(16)15-10-6-5-7-11(15)8-9-13/h11H,3-10,13H2,1-2H3. The van der Waals surface area contributed by atoms with Crippen LogP contribution in [0.1, 0.15) is 39.5 Å². The Hall–Kier alpha value is -0.770. The Kier molecular flexibility index (Phi) is 5.60. The number of rotatable bonds is 4. The van der Waals surface area contributed by atoms with Crippen LogP contribution in [0.3, 0.4) is 0 Å². The maximum atomic E-state index is 12.3. The van der Waals surface area contributed by atoms with Crippen molar-refractivity contribution in [3.8, 4) is 0 Å². The minimum atomic E-state index is 0.197. The first-order valence-corrected chi connectivity index (χ1v) is 6.50. The van der Waals surface area contributed by atoms with Crippen molar-refractivity contribution in [3.05, 3.63) is 0 Å². The Balaban J connectivity index is 2.62. The lowest BCUT2D eigenvalue weighted by Crippen LogP contribution is -2.50. The zero-order valence-corrected chi connectivity index (χ0v) is 10.6. The van der Waals surface area contributed by atoms with Crippen molar-refractivity contribution >= 4 is 6.03 Å². The fourth-order valence-corrected chi connectivity index (χ4v) is 2.42. The summed E-state index contributed by atoms with van der Waals surface area (Å²) in [5, 5.41) is 0. The van der Waals surface area contributed by atoms with Crippen molar-refractivity contribution in [2.75, 3.05) is 26.2 Å². The van der Waals surface area contributed by atoms with Gasteiger partial charge in [0, 0.05) is 25.7 Å². The minimum absolute atomic E-state index is 0.197. The molecule has 16 heavy (non-hydrogen) atoms. The Morgan fingerprint density at radius 1 is 1.38 bits per heavy atom. The molecule has 0 saturated carbocycles. The van der Waals surface area contributed by atoms with Crippen LogP contribution in [0.2, 0.25) is 0 Å². The van der Waals surface area contributed by atoms with Crippen LogP contribution >= 0.6 is 0 Å². The van der Waals surface area contributed by atoms with Gasteiger partial charge in [0.25, 0.3) is 0 Å². The van der Waals surface area contributed by atoms with Crippen LogP contribution in [0.15, 0.2) is 0 Å². The summed E-state index contributed by atoms with van der Waals surface area (Å²) in [5.41, 5.74) is 5.61. The number of piperidine rings is 1. The maximum Gasteiger partial charge on any atom is 0.320 e. The maximum absolute atomic E-state index is 12.3. The van der Waals surface area contributed by atoms with E-state index >= 15 is 0 Å². The highest BCUT2D eigenvalue weighted by molar-refractivity contribution is 5.74. The summed E-state index contributed by atoms with van der Waals surface area (Å²) in [7, 11) is 0. The molecular weight excluding hydrogens is 202 g/mol. The highest BCUT2D eigenvalue weighted by Gasteiger charge is 2.28. The SMILES string of the molecule is CCN(CC)C(=O)N1CCCCC1CCN. The number of likely N-dealkylation sites (tertiary alicyclic amines) is 1. The molecule has 0 radical (unpaired) electrons. The predicted molar refractivity (Wildman–Crippen MR) is 66.3 cm³/mol. The average molecular weight is 227 g/mol. The van der Waals surface area contributed by atoms with Crippen LogP contribution in [0.25, 0.3) is 0 Å². The number of nitrogens with two attached hydrogens (primary N) is 1. The molecule has 0 aromatic rings. The quantitative estimate of drug-likeness (QED) is 0.794. The Morgan fingerprint density at radius 2 is 2.06 bits per heavy atom.